The van der Waals surface area contributed by atoms with E-state index >= 15 is 0 Å². The molecular formula is C13H19N3O2. The topological polar surface area (TPSA) is 66.3 Å². The van der Waals surface area contributed by atoms with Gasteiger partial charge in [0.1, 0.15) is 17.2 Å². The van der Waals surface area contributed by atoms with Crippen LogP contribution in [0.3, 0.4) is 0 Å². The van der Waals surface area contributed by atoms with Crippen molar-refractivity contribution in [3.8, 4) is 0 Å². The minimum Gasteiger partial charge on any atom is -0.477 e. The Hall–Kier alpha value is -1.65. The SMILES string of the molecule is Cc1ncc(C(=O)O)c(N2CCC(C)(C)CC2)n1. The summed E-state index contributed by atoms with van der Waals surface area (Å²) in [5.74, 6) is 0.208. The van der Waals surface area contributed by atoms with Crippen LogP contribution in [0.25, 0.3) is 0 Å². The summed E-state index contributed by atoms with van der Waals surface area (Å²) in [6, 6.07) is 0. The zero-order valence-corrected chi connectivity index (χ0v) is 11.1. The van der Waals surface area contributed by atoms with E-state index in [9.17, 15) is 9.90 Å². The van der Waals surface area contributed by atoms with Crippen LogP contribution in [0.5, 0.6) is 0 Å². The van der Waals surface area contributed by atoms with Crippen molar-refractivity contribution in [1.29, 1.82) is 0 Å². The lowest BCUT2D eigenvalue weighted by atomic mass is 9.82. The lowest BCUT2D eigenvalue weighted by Crippen LogP contribution is -2.38. The summed E-state index contributed by atoms with van der Waals surface area (Å²) in [7, 11) is 0. The second kappa shape index (κ2) is 4.55. The fourth-order valence-corrected chi connectivity index (χ4v) is 2.17. The zero-order chi connectivity index (χ0) is 13.3. The first-order valence-corrected chi connectivity index (χ1v) is 6.21. The number of anilines is 1. The van der Waals surface area contributed by atoms with Crippen molar-refractivity contribution in [3.05, 3.63) is 17.6 Å². The molecule has 1 aromatic heterocycles. The maximum Gasteiger partial charge on any atom is 0.341 e. The number of hydrogen-bond donors (Lipinski definition) is 1. The van der Waals surface area contributed by atoms with E-state index in [0.717, 1.165) is 25.9 Å². The molecule has 1 aromatic rings. The molecule has 1 N–H and O–H groups in total. The summed E-state index contributed by atoms with van der Waals surface area (Å²) >= 11 is 0. The molecule has 1 fully saturated rings. The number of carboxylic acids is 1. The van der Waals surface area contributed by atoms with Gasteiger partial charge in [0.2, 0.25) is 0 Å². The van der Waals surface area contributed by atoms with Crippen molar-refractivity contribution in [3.63, 3.8) is 0 Å². The molecule has 0 aromatic carbocycles. The van der Waals surface area contributed by atoms with E-state index in [0.29, 0.717) is 17.1 Å². The van der Waals surface area contributed by atoms with Gasteiger partial charge in [-0.05, 0) is 25.2 Å². The van der Waals surface area contributed by atoms with Gasteiger partial charge in [0.15, 0.2) is 0 Å². The molecule has 1 aliphatic heterocycles. The lowest BCUT2D eigenvalue weighted by Gasteiger charge is -2.37. The van der Waals surface area contributed by atoms with E-state index in [1.165, 1.54) is 6.20 Å². The fourth-order valence-electron chi connectivity index (χ4n) is 2.17. The monoisotopic (exact) mass is 249 g/mol. The molecule has 0 radical (unpaired) electrons. The van der Waals surface area contributed by atoms with E-state index in [2.05, 4.69) is 28.7 Å². The average Bonchev–Trinajstić information content (AvgIpc) is 2.28. The third-order valence-corrected chi connectivity index (χ3v) is 3.54. The van der Waals surface area contributed by atoms with Gasteiger partial charge in [-0.2, -0.15) is 0 Å². The van der Waals surface area contributed by atoms with Crippen LogP contribution in [-0.2, 0) is 0 Å². The van der Waals surface area contributed by atoms with Crippen LogP contribution < -0.4 is 4.90 Å². The summed E-state index contributed by atoms with van der Waals surface area (Å²) in [4.78, 5) is 21.5. The minimum absolute atomic E-state index is 0.195. The van der Waals surface area contributed by atoms with Crippen molar-refractivity contribution in [1.82, 2.24) is 9.97 Å². The smallest absolute Gasteiger partial charge is 0.341 e. The molecule has 0 amide bonds. The number of aryl methyl sites for hydroxylation is 1. The largest absolute Gasteiger partial charge is 0.477 e. The van der Waals surface area contributed by atoms with Crippen LogP contribution in [0.1, 0.15) is 42.9 Å². The average molecular weight is 249 g/mol. The summed E-state index contributed by atoms with van der Waals surface area (Å²) in [6.45, 7) is 7.97. The quantitative estimate of drug-likeness (QED) is 0.869. The van der Waals surface area contributed by atoms with Gasteiger partial charge in [-0.1, -0.05) is 13.8 Å². The standard InChI is InChI=1S/C13H19N3O2/c1-9-14-8-10(12(17)18)11(15-9)16-6-4-13(2,3)5-7-16/h8H,4-7H2,1-3H3,(H,17,18). The van der Waals surface area contributed by atoms with Crippen molar-refractivity contribution in [2.75, 3.05) is 18.0 Å². The Bertz CT molecular complexity index is 461. The molecule has 5 heteroatoms. The Kier molecular flexibility index (Phi) is 3.24. The maximum atomic E-state index is 11.2. The molecule has 0 atom stereocenters. The first kappa shape index (κ1) is 12.8. The Labute approximate surface area is 107 Å². The second-order valence-electron chi connectivity index (χ2n) is 5.61. The molecule has 1 aliphatic rings. The van der Waals surface area contributed by atoms with Crippen LogP contribution in [0.2, 0.25) is 0 Å². The Morgan fingerprint density at radius 3 is 2.56 bits per heavy atom. The van der Waals surface area contributed by atoms with Crippen LogP contribution >= 0.6 is 0 Å². The lowest BCUT2D eigenvalue weighted by molar-refractivity contribution is 0.0696. The number of aromatic carboxylic acids is 1. The van der Waals surface area contributed by atoms with Gasteiger partial charge in [-0.15, -0.1) is 0 Å². The highest BCUT2D eigenvalue weighted by Crippen LogP contribution is 2.32. The number of piperidine rings is 1. The van der Waals surface area contributed by atoms with Crippen LogP contribution in [0.15, 0.2) is 6.20 Å². The molecule has 0 saturated carbocycles. The molecule has 0 spiro atoms. The first-order valence-electron chi connectivity index (χ1n) is 6.21. The number of rotatable bonds is 2. The second-order valence-corrected chi connectivity index (χ2v) is 5.61. The van der Waals surface area contributed by atoms with Gasteiger partial charge in [-0.3, -0.25) is 0 Å². The zero-order valence-electron chi connectivity index (χ0n) is 11.1. The Morgan fingerprint density at radius 2 is 2.00 bits per heavy atom. The summed E-state index contributed by atoms with van der Waals surface area (Å²) < 4.78 is 0. The molecule has 0 bridgehead atoms. The van der Waals surface area contributed by atoms with Crippen LogP contribution in [-0.4, -0.2) is 34.1 Å². The van der Waals surface area contributed by atoms with Gasteiger partial charge in [0.25, 0.3) is 0 Å². The predicted octanol–water partition coefficient (Wildman–Crippen LogP) is 2.11. The number of carbonyl (C=O) groups is 1. The van der Waals surface area contributed by atoms with Crippen molar-refractivity contribution in [2.24, 2.45) is 5.41 Å². The van der Waals surface area contributed by atoms with Crippen LogP contribution in [0.4, 0.5) is 5.82 Å². The van der Waals surface area contributed by atoms with Gasteiger partial charge >= 0.3 is 5.97 Å². The molecule has 1 saturated heterocycles. The van der Waals surface area contributed by atoms with E-state index in [1.807, 2.05) is 0 Å². The highest BCUT2D eigenvalue weighted by Gasteiger charge is 2.28. The molecule has 98 valence electrons. The van der Waals surface area contributed by atoms with Gasteiger partial charge in [0, 0.05) is 19.3 Å². The molecule has 5 nitrogen and oxygen atoms in total. The normalized spacial score (nSPS) is 18.7. The summed E-state index contributed by atoms with van der Waals surface area (Å²) in [5, 5.41) is 9.18. The summed E-state index contributed by atoms with van der Waals surface area (Å²) in [5.41, 5.74) is 0.530. The number of hydrogen-bond acceptors (Lipinski definition) is 4. The van der Waals surface area contributed by atoms with Crippen LogP contribution in [0, 0.1) is 12.3 Å². The summed E-state index contributed by atoms with van der Waals surface area (Å²) in [6.07, 6.45) is 3.50. The highest BCUT2D eigenvalue weighted by molar-refractivity contribution is 5.92. The molecule has 2 heterocycles. The number of nitrogens with zero attached hydrogens (tertiary/aromatic N) is 3. The minimum atomic E-state index is -0.963. The Balaban J connectivity index is 2.28. The van der Waals surface area contributed by atoms with E-state index in [-0.39, 0.29) is 5.56 Å². The predicted molar refractivity (Wildman–Crippen MR) is 69.0 cm³/mol. The highest BCUT2D eigenvalue weighted by atomic mass is 16.4. The van der Waals surface area contributed by atoms with Gasteiger partial charge in [-0.25, -0.2) is 14.8 Å². The van der Waals surface area contributed by atoms with Crippen molar-refractivity contribution in [2.45, 2.75) is 33.6 Å². The van der Waals surface area contributed by atoms with Gasteiger partial charge in [0.05, 0.1) is 0 Å². The molecular weight excluding hydrogens is 230 g/mol. The Morgan fingerprint density at radius 1 is 1.39 bits per heavy atom. The third-order valence-electron chi connectivity index (χ3n) is 3.54. The fraction of sp³-hybridized carbons (Fsp3) is 0.615. The van der Waals surface area contributed by atoms with Crippen molar-refractivity contribution < 1.29 is 9.90 Å². The maximum absolute atomic E-state index is 11.2. The van der Waals surface area contributed by atoms with E-state index in [4.69, 9.17) is 0 Å². The van der Waals surface area contributed by atoms with Crippen molar-refractivity contribution >= 4 is 11.8 Å². The first-order chi connectivity index (χ1) is 8.39. The molecule has 18 heavy (non-hydrogen) atoms. The molecule has 0 unspecified atom stereocenters. The van der Waals surface area contributed by atoms with Gasteiger partial charge < -0.3 is 10.0 Å². The van der Waals surface area contributed by atoms with E-state index < -0.39 is 5.97 Å². The molecule has 2 rings (SSSR count). The number of aromatic nitrogens is 2. The number of carboxylic acid groups (broad SMARTS) is 1. The third kappa shape index (κ3) is 2.60. The molecule has 0 aliphatic carbocycles. The van der Waals surface area contributed by atoms with E-state index in [1.54, 1.807) is 6.92 Å².